The van der Waals surface area contributed by atoms with Gasteiger partial charge in [0.2, 0.25) is 10.0 Å². The maximum Gasteiger partial charge on any atom is 0.280 e. The predicted molar refractivity (Wildman–Crippen MR) is 190 cm³/mol. The van der Waals surface area contributed by atoms with Gasteiger partial charge in [0.15, 0.2) is 0 Å². The Morgan fingerprint density at radius 2 is 1.54 bits per heavy atom. The van der Waals surface area contributed by atoms with Gasteiger partial charge in [0.05, 0.1) is 40.8 Å². The number of sulfonamides is 1. The Morgan fingerprint density at radius 3 is 2.25 bits per heavy atom. The van der Waals surface area contributed by atoms with Gasteiger partial charge in [-0.15, -0.1) is 11.8 Å². The molecule has 1 amide bonds. The van der Waals surface area contributed by atoms with E-state index in [0.717, 1.165) is 10.6 Å². The summed E-state index contributed by atoms with van der Waals surface area (Å²) in [5, 5.41) is 11.2. The highest BCUT2D eigenvalue weighted by molar-refractivity contribution is 8.00. The number of benzene rings is 4. The van der Waals surface area contributed by atoms with Crippen LogP contribution in [0, 0.1) is 6.92 Å². The van der Waals surface area contributed by atoms with Gasteiger partial charge in [-0.25, -0.2) is 13.1 Å². The number of ether oxygens (including phenoxy) is 1. The van der Waals surface area contributed by atoms with Crippen LogP contribution in [0.1, 0.15) is 11.1 Å². The third-order valence-corrected chi connectivity index (χ3v) is 11.0. The molecule has 1 fully saturated rings. The standard InChI is InChI=1S/C37H33N5O4S2/c1-27-15-17-32(18-16-27)47-26-35-34(37(43)42(38-35)31-12-6-3-7-13-31)24-29-25-41(30-10-4-2-5-11-30)39-36(29)28-9-8-14-33(23-28)48(44,45)40-19-21-46-22-20-40/h2-18,23-25H,19-22,26H2,1H3/b34-24-. The molecule has 4 aromatic carbocycles. The number of para-hydroxylation sites is 2. The summed E-state index contributed by atoms with van der Waals surface area (Å²) in [6.45, 7) is 3.37. The lowest BCUT2D eigenvalue weighted by Crippen LogP contribution is -2.40. The third kappa shape index (κ3) is 6.63. The van der Waals surface area contributed by atoms with E-state index in [4.69, 9.17) is 14.9 Å². The Kier molecular flexibility index (Phi) is 9.09. The first-order valence-electron chi connectivity index (χ1n) is 15.6. The molecule has 1 aromatic heterocycles. The fourth-order valence-electron chi connectivity index (χ4n) is 5.57. The molecule has 5 aromatic rings. The van der Waals surface area contributed by atoms with Crippen molar-refractivity contribution < 1.29 is 17.9 Å². The largest absolute Gasteiger partial charge is 0.379 e. The number of thioether (sulfide) groups is 1. The second kappa shape index (κ2) is 13.7. The lowest BCUT2D eigenvalue weighted by atomic mass is 10.0. The van der Waals surface area contributed by atoms with Crippen LogP contribution in [-0.2, 0) is 19.6 Å². The van der Waals surface area contributed by atoms with Crippen molar-refractivity contribution in [1.29, 1.82) is 0 Å². The minimum atomic E-state index is -3.74. The maximum absolute atomic E-state index is 14.1. The van der Waals surface area contributed by atoms with E-state index in [-0.39, 0.29) is 10.8 Å². The van der Waals surface area contributed by atoms with Crippen molar-refractivity contribution in [3.05, 3.63) is 132 Å². The molecule has 2 aliphatic heterocycles. The van der Waals surface area contributed by atoms with Gasteiger partial charge in [0.1, 0.15) is 5.69 Å². The molecule has 242 valence electrons. The van der Waals surface area contributed by atoms with E-state index < -0.39 is 10.0 Å². The first-order valence-corrected chi connectivity index (χ1v) is 18.0. The van der Waals surface area contributed by atoms with Crippen LogP contribution in [0.2, 0.25) is 0 Å². The number of hydrogen-bond donors (Lipinski definition) is 0. The quantitative estimate of drug-likeness (QED) is 0.132. The van der Waals surface area contributed by atoms with Gasteiger partial charge in [-0.1, -0.05) is 66.2 Å². The zero-order chi connectivity index (χ0) is 33.1. The average molecular weight is 676 g/mol. The number of morpholine rings is 1. The molecule has 0 N–H and O–H groups in total. The topological polar surface area (TPSA) is 97.1 Å². The van der Waals surface area contributed by atoms with Crippen LogP contribution < -0.4 is 5.01 Å². The summed E-state index contributed by atoms with van der Waals surface area (Å²) < 4.78 is 35.8. The molecule has 2 aliphatic rings. The summed E-state index contributed by atoms with van der Waals surface area (Å²) in [5.74, 6) is 0.224. The Hall–Kier alpha value is -4.81. The molecule has 0 saturated carbocycles. The molecule has 0 radical (unpaired) electrons. The lowest BCUT2D eigenvalue weighted by molar-refractivity contribution is -0.114. The number of hydrazone groups is 1. The maximum atomic E-state index is 14.1. The van der Waals surface area contributed by atoms with Gasteiger partial charge in [-0.05, 0) is 61.5 Å². The number of anilines is 1. The van der Waals surface area contributed by atoms with E-state index in [0.29, 0.717) is 65.8 Å². The van der Waals surface area contributed by atoms with E-state index in [9.17, 15) is 13.2 Å². The minimum Gasteiger partial charge on any atom is -0.379 e. The smallest absolute Gasteiger partial charge is 0.280 e. The van der Waals surface area contributed by atoms with Gasteiger partial charge < -0.3 is 4.74 Å². The molecule has 0 unspecified atom stereocenters. The SMILES string of the molecule is Cc1ccc(SCC2=NN(c3ccccc3)C(=O)/C2=C\c2cn(-c3ccccc3)nc2-c2cccc(S(=O)(=O)N3CCOCC3)c2)cc1. The van der Waals surface area contributed by atoms with Gasteiger partial charge in [-0.3, -0.25) is 4.79 Å². The fraction of sp³-hybridized carbons (Fsp3) is 0.162. The lowest BCUT2D eigenvalue weighted by Gasteiger charge is -2.26. The molecule has 1 saturated heterocycles. The highest BCUT2D eigenvalue weighted by Crippen LogP contribution is 2.33. The highest BCUT2D eigenvalue weighted by atomic mass is 32.2. The van der Waals surface area contributed by atoms with Crippen molar-refractivity contribution >= 4 is 45.2 Å². The fourth-order valence-corrected chi connectivity index (χ4v) is 7.86. The molecule has 0 aliphatic carbocycles. The Labute approximate surface area is 284 Å². The number of amides is 1. The van der Waals surface area contributed by atoms with Crippen molar-refractivity contribution in [2.45, 2.75) is 16.7 Å². The summed E-state index contributed by atoms with van der Waals surface area (Å²) in [7, 11) is -3.74. The van der Waals surface area contributed by atoms with E-state index in [2.05, 4.69) is 24.3 Å². The summed E-state index contributed by atoms with van der Waals surface area (Å²) in [4.78, 5) is 15.3. The van der Waals surface area contributed by atoms with Crippen molar-refractivity contribution in [3.8, 4) is 16.9 Å². The summed E-state index contributed by atoms with van der Waals surface area (Å²) in [5.41, 5.74) is 5.57. The summed E-state index contributed by atoms with van der Waals surface area (Å²) in [6, 6.07) is 34.1. The molecule has 0 spiro atoms. The molecule has 0 bridgehead atoms. The van der Waals surface area contributed by atoms with Crippen LogP contribution >= 0.6 is 11.8 Å². The van der Waals surface area contributed by atoms with E-state index in [1.807, 2.05) is 85.9 Å². The van der Waals surface area contributed by atoms with Gasteiger partial charge in [0.25, 0.3) is 5.91 Å². The number of carbonyl (C=O) groups excluding carboxylic acids is 1. The molecule has 9 nitrogen and oxygen atoms in total. The number of aryl methyl sites for hydroxylation is 1. The molecule has 3 heterocycles. The summed E-state index contributed by atoms with van der Waals surface area (Å²) >= 11 is 1.61. The molecule has 0 atom stereocenters. The first kappa shape index (κ1) is 31.8. The molecular formula is C37H33N5O4S2. The zero-order valence-corrected chi connectivity index (χ0v) is 27.9. The van der Waals surface area contributed by atoms with Crippen LogP contribution in [0.5, 0.6) is 0 Å². The number of hydrogen-bond acceptors (Lipinski definition) is 7. The average Bonchev–Trinajstić information content (AvgIpc) is 3.70. The number of rotatable bonds is 9. The molecule has 48 heavy (non-hydrogen) atoms. The molecule has 11 heteroatoms. The third-order valence-electron chi connectivity index (χ3n) is 8.13. The zero-order valence-electron chi connectivity index (χ0n) is 26.3. The van der Waals surface area contributed by atoms with E-state index >= 15 is 0 Å². The minimum absolute atomic E-state index is 0.179. The van der Waals surface area contributed by atoms with Crippen molar-refractivity contribution in [2.24, 2.45) is 5.10 Å². The molecular weight excluding hydrogens is 643 g/mol. The van der Waals surface area contributed by atoms with Crippen LogP contribution in [0.15, 0.2) is 136 Å². The normalized spacial score (nSPS) is 16.4. The van der Waals surface area contributed by atoms with Crippen LogP contribution in [0.4, 0.5) is 5.69 Å². The van der Waals surface area contributed by atoms with Crippen LogP contribution in [0.25, 0.3) is 23.0 Å². The Balaban J connectivity index is 1.31. The Morgan fingerprint density at radius 1 is 0.854 bits per heavy atom. The van der Waals surface area contributed by atoms with E-state index in [1.165, 1.54) is 14.9 Å². The van der Waals surface area contributed by atoms with Crippen LogP contribution in [0.3, 0.4) is 0 Å². The van der Waals surface area contributed by atoms with Gasteiger partial charge in [0, 0.05) is 41.1 Å². The predicted octanol–water partition coefficient (Wildman–Crippen LogP) is 6.45. The van der Waals surface area contributed by atoms with Crippen LogP contribution in [-0.4, -0.2) is 66.2 Å². The monoisotopic (exact) mass is 675 g/mol. The van der Waals surface area contributed by atoms with Crippen molar-refractivity contribution in [1.82, 2.24) is 14.1 Å². The van der Waals surface area contributed by atoms with Gasteiger partial charge >= 0.3 is 0 Å². The second-order valence-electron chi connectivity index (χ2n) is 11.4. The second-order valence-corrected chi connectivity index (χ2v) is 14.4. The van der Waals surface area contributed by atoms with Crippen molar-refractivity contribution in [3.63, 3.8) is 0 Å². The van der Waals surface area contributed by atoms with Gasteiger partial charge in [-0.2, -0.15) is 19.5 Å². The van der Waals surface area contributed by atoms with E-state index in [1.54, 1.807) is 34.6 Å². The molecule has 7 rings (SSSR count). The number of aromatic nitrogens is 2. The number of nitrogens with zero attached hydrogens (tertiary/aromatic N) is 5. The first-order chi connectivity index (χ1) is 23.4. The van der Waals surface area contributed by atoms with Crippen molar-refractivity contribution in [2.75, 3.05) is 37.1 Å². The summed E-state index contributed by atoms with van der Waals surface area (Å²) in [6.07, 6.45) is 3.69. The number of carbonyl (C=O) groups is 1. The Bertz CT molecular complexity index is 2110. The highest BCUT2D eigenvalue weighted by Gasteiger charge is 2.32.